The van der Waals surface area contributed by atoms with Gasteiger partial charge in [0.15, 0.2) is 0 Å². The molecule has 0 heterocycles. The molecule has 0 aliphatic heterocycles. The molecular weight excluding hydrogens is 384 g/mol. The molecule has 3 rings (SSSR count). The van der Waals surface area contributed by atoms with Crippen molar-refractivity contribution < 1.29 is 13.2 Å². The fourth-order valence-electron chi connectivity index (χ4n) is 3.49. The molecule has 1 unspecified atom stereocenters. The van der Waals surface area contributed by atoms with Crippen molar-refractivity contribution in [1.29, 1.82) is 0 Å². The maximum absolute atomic E-state index is 12.8. The van der Waals surface area contributed by atoms with Crippen LogP contribution in [-0.4, -0.2) is 31.7 Å². The average Bonchev–Trinajstić information content (AvgIpc) is 3.05. The van der Waals surface area contributed by atoms with Crippen molar-refractivity contribution in [2.24, 2.45) is 0 Å². The molecule has 0 saturated heterocycles. The lowest BCUT2D eigenvalue weighted by atomic mass is 10.1. The first-order valence-electron chi connectivity index (χ1n) is 9.06. The quantitative estimate of drug-likeness (QED) is 0.793. The van der Waals surface area contributed by atoms with Crippen LogP contribution in [0.2, 0.25) is 5.02 Å². The first-order chi connectivity index (χ1) is 12.9. The molecule has 0 radical (unpaired) electrons. The Morgan fingerprint density at radius 3 is 2.59 bits per heavy atom. The number of fused-ring (bicyclic) bond motifs is 1. The molecule has 1 N–H and O–H groups in total. The van der Waals surface area contributed by atoms with E-state index in [1.54, 1.807) is 13.8 Å². The van der Waals surface area contributed by atoms with Crippen LogP contribution in [0.4, 0.5) is 0 Å². The van der Waals surface area contributed by atoms with Gasteiger partial charge in [0.2, 0.25) is 10.0 Å². The number of hydrogen-bond acceptors (Lipinski definition) is 3. The predicted octanol–water partition coefficient (Wildman–Crippen LogP) is 3.79. The van der Waals surface area contributed by atoms with Crippen molar-refractivity contribution in [2.75, 3.05) is 13.1 Å². The second-order valence-corrected chi connectivity index (χ2v) is 8.84. The van der Waals surface area contributed by atoms with Crippen LogP contribution in [-0.2, 0) is 16.4 Å². The van der Waals surface area contributed by atoms with E-state index in [0.717, 1.165) is 18.4 Å². The lowest BCUT2D eigenvalue weighted by Gasteiger charge is -2.19. The number of carbonyl (C=O) groups is 1. The minimum absolute atomic E-state index is 0.0765. The molecule has 1 aliphatic carbocycles. The van der Waals surface area contributed by atoms with E-state index in [4.69, 9.17) is 11.6 Å². The molecule has 2 aromatic rings. The number of aryl methyl sites for hydroxylation is 1. The highest BCUT2D eigenvalue weighted by molar-refractivity contribution is 7.89. The van der Waals surface area contributed by atoms with Crippen molar-refractivity contribution in [3.63, 3.8) is 0 Å². The van der Waals surface area contributed by atoms with E-state index in [1.165, 1.54) is 28.1 Å². The molecule has 144 valence electrons. The van der Waals surface area contributed by atoms with Crippen LogP contribution in [0.15, 0.2) is 47.4 Å². The highest BCUT2D eigenvalue weighted by Crippen LogP contribution is 2.31. The third kappa shape index (κ3) is 3.88. The zero-order valence-corrected chi connectivity index (χ0v) is 17.0. The van der Waals surface area contributed by atoms with Crippen molar-refractivity contribution in [3.8, 4) is 0 Å². The molecular formula is C20H23ClN2O3S. The fraction of sp³-hybridized carbons (Fsp3) is 0.350. The molecule has 0 fully saturated rings. The lowest BCUT2D eigenvalue weighted by Crippen LogP contribution is -2.31. The molecule has 0 saturated carbocycles. The van der Waals surface area contributed by atoms with E-state index in [0.29, 0.717) is 13.1 Å². The normalized spacial score (nSPS) is 16.4. The number of nitrogens with one attached hydrogen (secondary N) is 1. The van der Waals surface area contributed by atoms with Gasteiger partial charge in [-0.25, -0.2) is 8.42 Å². The first kappa shape index (κ1) is 19.9. The van der Waals surface area contributed by atoms with Crippen molar-refractivity contribution >= 4 is 27.5 Å². The average molecular weight is 407 g/mol. The Bertz CT molecular complexity index is 955. The highest BCUT2D eigenvalue weighted by Gasteiger charge is 2.27. The van der Waals surface area contributed by atoms with Gasteiger partial charge in [0, 0.05) is 13.1 Å². The lowest BCUT2D eigenvalue weighted by molar-refractivity contribution is 0.0936. The van der Waals surface area contributed by atoms with Gasteiger partial charge in [-0.1, -0.05) is 49.7 Å². The van der Waals surface area contributed by atoms with Gasteiger partial charge in [-0.05, 0) is 42.2 Å². The number of nitrogens with zero attached hydrogens (tertiary/aromatic N) is 1. The number of carbonyl (C=O) groups excluding carboxylic acids is 1. The molecule has 1 amide bonds. The van der Waals surface area contributed by atoms with Crippen molar-refractivity contribution in [1.82, 2.24) is 9.62 Å². The third-order valence-electron chi connectivity index (χ3n) is 4.96. The molecule has 0 spiro atoms. The number of hydrogen-bond donors (Lipinski definition) is 1. The van der Waals surface area contributed by atoms with E-state index in [-0.39, 0.29) is 27.4 Å². The van der Waals surface area contributed by atoms with E-state index in [9.17, 15) is 13.2 Å². The summed E-state index contributed by atoms with van der Waals surface area (Å²) >= 11 is 6.20. The highest BCUT2D eigenvalue weighted by atomic mass is 35.5. The fourth-order valence-corrected chi connectivity index (χ4v) is 5.18. The van der Waals surface area contributed by atoms with Gasteiger partial charge in [0.25, 0.3) is 5.91 Å². The number of amides is 1. The van der Waals surface area contributed by atoms with Crippen molar-refractivity contribution in [2.45, 2.75) is 37.6 Å². The zero-order chi connectivity index (χ0) is 19.6. The molecule has 0 aromatic heterocycles. The van der Waals surface area contributed by atoms with E-state index in [1.807, 2.05) is 18.2 Å². The monoisotopic (exact) mass is 406 g/mol. The predicted molar refractivity (Wildman–Crippen MR) is 107 cm³/mol. The van der Waals surface area contributed by atoms with Crippen LogP contribution in [0.5, 0.6) is 0 Å². The number of sulfonamides is 1. The molecule has 1 aliphatic rings. The van der Waals surface area contributed by atoms with Gasteiger partial charge < -0.3 is 5.32 Å². The van der Waals surface area contributed by atoms with Gasteiger partial charge in [0.1, 0.15) is 0 Å². The van der Waals surface area contributed by atoms with Gasteiger partial charge in [-0.2, -0.15) is 4.31 Å². The molecule has 2 aromatic carbocycles. The van der Waals surface area contributed by atoms with Crippen LogP contribution in [0.25, 0.3) is 0 Å². The maximum Gasteiger partial charge on any atom is 0.253 e. The minimum Gasteiger partial charge on any atom is -0.345 e. The maximum atomic E-state index is 12.8. The summed E-state index contributed by atoms with van der Waals surface area (Å²) in [6.45, 7) is 4.29. The van der Waals surface area contributed by atoms with E-state index < -0.39 is 10.0 Å². The smallest absolute Gasteiger partial charge is 0.253 e. The van der Waals surface area contributed by atoms with Crippen LogP contribution < -0.4 is 5.32 Å². The summed E-state index contributed by atoms with van der Waals surface area (Å²) in [6, 6.07) is 12.2. The van der Waals surface area contributed by atoms with Crippen LogP contribution in [0, 0.1) is 0 Å². The SMILES string of the molecule is CCN(CC)S(=O)(=O)c1ccc(Cl)c(C(=O)NC2CCc3ccccc32)c1. The van der Waals surface area contributed by atoms with E-state index >= 15 is 0 Å². The number of benzene rings is 2. The summed E-state index contributed by atoms with van der Waals surface area (Å²) in [5.41, 5.74) is 2.51. The number of halogens is 1. The molecule has 7 heteroatoms. The molecule has 0 bridgehead atoms. The minimum atomic E-state index is -3.66. The van der Waals surface area contributed by atoms with Crippen LogP contribution in [0.1, 0.15) is 47.8 Å². The Morgan fingerprint density at radius 2 is 1.89 bits per heavy atom. The Balaban J connectivity index is 1.88. The molecule has 27 heavy (non-hydrogen) atoms. The van der Waals surface area contributed by atoms with Gasteiger partial charge in [0.05, 0.1) is 21.5 Å². The molecule has 1 atom stereocenters. The van der Waals surface area contributed by atoms with Crippen LogP contribution in [0.3, 0.4) is 0 Å². The standard InChI is InChI=1S/C20H23ClN2O3S/c1-3-23(4-2)27(25,26)15-10-11-18(21)17(13-15)20(24)22-19-12-9-14-7-5-6-8-16(14)19/h5-8,10-11,13,19H,3-4,9,12H2,1-2H3,(H,22,24). The summed E-state index contributed by atoms with van der Waals surface area (Å²) in [6.07, 6.45) is 1.73. The summed E-state index contributed by atoms with van der Waals surface area (Å²) < 4.78 is 26.8. The van der Waals surface area contributed by atoms with E-state index in [2.05, 4.69) is 11.4 Å². The Kier molecular flexibility index (Phi) is 5.89. The van der Waals surface area contributed by atoms with Crippen LogP contribution >= 0.6 is 11.6 Å². The van der Waals surface area contributed by atoms with Gasteiger partial charge in [-0.3, -0.25) is 4.79 Å². The largest absolute Gasteiger partial charge is 0.345 e. The first-order valence-corrected chi connectivity index (χ1v) is 10.9. The van der Waals surface area contributed by atoms with Gasteiger partial charge in [-0.15, -0.1) is 0 Å². The zero-order valence-electron chi connectivity index (χ0n) is 15.4. The summed E-state index contributed by atoms with van der Waals surface area (Å²) in [5, 5.41) is 3.23. The Hall–Kier alpha value is -1.89. The topological polar surface area (TPSA) is 66.5 Å². The van der Waals surface area contributed by atoms with Crippen molar-refractivity contribution in [3.05, 3.63) is 64.2 Å². The summed E-state index contributed by atoms with van der Waals surface area (Å²) in [4.78, 5) is 12.9. The van der Waals surface area contributed by atoms with Gasteiger partial charge >= 0.3 is 0 Å². The molecule has 5 nitrogen and oxygen atoms in total. The number of rotatable bonds is 6. The second-order valence-electron chi connectivity index (χ2n) is 6.49. The Labute approximate surface area is 165 Å². The third-order valence-corrected chi connectivity index (χ3v) is 7.34. The Morgan fingerprint density at radius 1 is 1.19 bits per heavy atom. The summed E-state index contributed by atoms with van der Waals surface area (Å²) in [7, 11) is -3.66. The second kappa shape index (κ2) is 8.00. The summed E-state index contributed by atoms with van der Waals surface area (Å²) in [5.74, 6) is -0.363.